The molecule has 2 N–H and O–H groups in total. The highest BCUT2D eigenvalue weighted by molar-refractivity contribution is 5.81. The van der Waals surface area contributed by atoms with Crippen LogP contribution in [0, 0.1) is 5.92 Å². The van der Waals surface area contributed by atoms with Crippen molar-refractivity contribution in [3.63, 3.8) is 0 Å². The van der Waals surface area contributed by atoms with Crippen LogP contribution in [-0.4, -0.2) is 32.3 Å². The van der Waals surface area contributed by atoms with Crippen LogP contribution in [0.1, 0.15) is 0 Å². The predicted molar refractivity (Wildman–Crippen MR) is 45.5 cm³/mol. The summed E-state index contributed by atoms with van der Waals surface area (Å²) in [6.45, 7) is 6.42. The van der Waals surface area contributed by atoms with E-state index in [1.165, 1.54) is 6.08 Å². The van der Waals surface area contributed by atoms with Gasteiger partial charge in [0.25, 0.3) is 0 Å². The normalized spacial score (nSPS) is 18.7. The molecule has 0 radical (unpaired) electrons. The highest BCUT2D eigenvalue weighted by Gasteiger charge is 2.13. The maximum Gasteiger partial charge on any atom is 0.330 e. The molecule has 1 aliphatic heterocycles. The summed E-state index contributed by atoms with van der Waals surface area (Å²) < 4.78 is 4.89. The molecule has 0 spiro atoms. The van der Waals surface area contributed by atoms with Gasteiger partial charge in [0.05, 0.1) is 6.61 Å². The SMILES string of the molecule is C=CC(=O)OCC1CNCNC1. The zero-order valence-corrected chi connectivity index (χ0v) is 7.01. The van der Waals surface area contributed by atoms with E-state index in [9.17, 15) is 4.79 Å². The molecule has 0 atom stereocenters. The fourth-order valence-corrected chi connectivity index (χ4v) is 1.09. The zero-order chi connectivity index (χ0) is 8.81. The number of nitrogens with one attached hydrogen (secondary N) is 2. The van der Waals surface area contributed by atoms with Gasteiger partial charge in [-0.2, -0.15) is 0 Å². The molecule has 0 bridgehead atoms. The quantitative estimate of drug-likeness (QED) is 0.442. The van der Waals surface area contributed by atoms with Crippen molar-refractivity contribution in [1.82, 2.24) is 10.6 Å². The number of ether oxygens (including phenoxy) is 1. The second kappa shape index (κ2) is 4.90. The Hall–Kier alpha value is -0.870. The first-order valence-corrected chi connectivity index (χ1v) is 4.03. The molecular weight excluding hydrogens is 156 g/mol. The fourth-order valence-electron chi connectivity index (χ4n) is 1.09. The lowest BCUT2D eigenvalue weighted by molar-refractivity contribution is -0.139. The van der Waals surface area contributed by atoms with Crippen LogP contribution in [0.15, 0.2) is 12.7 Å². The molecule has 12 heavy (non-hydrogen) atoms. The maximum absolute atomic E-state index is 10.7. The van der Waals surface area contributed by atoms with Crippen LogP contribution in [0.3, 0.4) is 0 Å². The van der Waals surface area contributed by atoms with E-state index in [4.69, 9.17) is 4.74 Å². The number of hydrogen-bond donors (Lipinski definition) is 2. The van der Waals surface area contributed by atoms with E-state index < -0.39 is 0 Å². The Kier molecular flexibility index (Phi) is 3.76. The van der Waals surface area contributed by atoms with Crippen molar-refractivity contribution >= 4 is 5.97 Å². The van der Waals surface area contributed by atoms with E-state index in [1.54, 1.807) is 0 Å². The van der Waals surface area contributed by atoms with Crippen molar-refractivity contribution in [3.8, 4) is 0 Å². The summed E-state index contributed by atoms with van der Waals surface area (Å²) >= 11 is 0. The summed E-state index contributed by atoms with van der Waals surface area (Å²) in [5, 5.41) is 6.30. The summed E-state index contributed by atoms with van der Waals surface area (Å²) in [6, 6.07) is 0. The molecule has 1 heterocycles. The molecule has 1 fully saturated rings. The molecule has 1 saturated heterocycles. The Morgan fingerprint density at radius 3 is 2.83 bits per heavy atom. The average molecular weight is 170 g/mol. The van der Waals surface area contributed by atoms with Crippen LogP contribution in [0.25, 0.3) is 0 Å². The van der Waals surface area contributed by atoms with Gasteiger partial charge in [-0.25, -0.2) is 4.79 Å². The van der Waals surface area contributed by atoms with Crippen LogP contribution in [0.4, 0.5) is 0 Å². The molecule has 68 valence electrons. The van der Waals surface area contributed by atoms with Crippen molar-refractivity contribution in [1.29, 1.82) is 0 Å². The van der Waals surface area contributed by atoms with Gasteiger partial charge in [0.1, 0.15) is 0 Å². The van der Waals surface area contributed by atoms with Gasteiger partial charge >= 0.3 is 5.97 Å². The largest absolute Gasteiger partial charge is 0.462 e. The van der Waals surface area contributed by atoms with Gasteiger partial charge in [-0.15, -0.1) is 0 Å². The molecule has 4 heteroatoms. The summed E-state index contributed by atoms with van der Waals surface area (Å²) in [4.78, 5) is 10.7. The zero-order valence-electron chi connectivity index (χ0n) is 7.01. The van der Waals surface area contributed by atoms with Gasteiger partial charge in [-0.1, -0.05) is 6.58 Å². The van der Waals surface area contributed by atoms with Crippen molar-refractivity contribution in [2.24, 2.45) is 5.92 Å². The number of carbonyl (C=O) groups is 1. The third kappa shape index (κ3) is 3.02. The third-order valence-electron chi connectivity index (χ3n) is 1.74. The van der Waals surface area contributed by atoms with Crippen LogP contribution in [0.2, 0.25) is 0 Å². The summed E-state index contributed by atoms with van der Waals surface area (Å²) in [6.07, 6.45) is 1.18. The van der Waals surface area contributed by atoms with E-state index in [0.29, 0.717) is 12.5 Å². The van der Waals surface area contributed by atoms with Gasteiger partial charge in [0, 0.05) is 31.8 Å². The van der Waals surface area contributed by atoms with Gasteiger partial charge in [-0.3, -0.25) is 0 Å². The second-order valence-electron chi connectivity index (χ2n) is 2.79. The number of carbonyl (C=O) groups excluding carboxylic acids is 1. The molecule has 0 aliphatic carbocycles. The molecule has 1 aliphatic rings. The Labute approximate surface area is 72.0 Å². The van der Waals surface area contributed by atoms with E-state index in [0.717, 1.165) is 19.8 Å². The van der Waals surface area contributed by atoms with E-state index in [2.05, 4.69) is 17.2 Å². The van der Waals surface area contributed by atoms with Crippen molar-refractivity contribution < 1.29 is 9.53 Å². The van der Waals surface area contributed by atoms with Gasteiger partial charge in [0.2, 0.25) is 0 Å². The minimum Gasteiger partial charge on any atom is -0.462 e. The van der Waals surface area contributed by atoms with E-state index >= 15 is 0 Å². The minimum atomic E-state index is -0.347. The predicted octanol–water partition coefficient (Wildman–Crippen LogP) is -0.518. The summed E-state index contributed by atoms with van der Waals surface area (Å²) in [5.74, 6) is 0.0308. The highest BCUT2D eigenvalue weighted by Crippen LogP contribution is 1.97. The van der Waals surface area contributed by atoms with Crippen LogP contribution < -0.4 is 10.6 Å². The van der Waals surface area contributed by atoms with Gasteiger partial charge in [0.15, 0.2) is 0 Å². The molecule has 0 saturated carbocycles. The summed E-state index contributed by atoms with van der Waals surface area (Å²) in [7, 11) is 0. The summed E-state index contributed by atoms with van der Waals surface area (Å²) in [5.41, 5.74) is 0. The van der Waals surface area contributed by atoms with Crippen LogP contribution >= 0.6 is 0 Å². The van der Waals surface area contributed by atoms with Crippen molar-refractivity contribution in [2.75, 3.05) is 26.4 Å². The lowest BCUT2D eigenvalue weighted by Crippen LogP contribution is -2.45. The average Bonchev–Trinajstić information content (AvgIpc) is 2.16. The van der Waals surface area contributed by atoms with Crippen molar-refractivity contribution in [3.05, 3.63) is 12.7 Å². The Bertz CT molecular complexity index is 164. The molecule has 0 aromatic carbocycles. The molecule has 0 amide bonds. The van der Waals surface area contributed by atoms with E-state index in [-0.39, 0.29) is 5.97 Å². The topological polar surface area (TPSA) is 50.4 Å². The number of rotatable bonds is 3. The first-order chi connectivity index (χ1) is 5.83. The smallest absolute Gasteiger partial charge is 0.330 e. The Morgan fingerprint density at radius 1 is 1.58 bits per heavy atom. The Morgan fingerprint density at radius 2 is 2.25 bits per heavy atom. The lowest BCUT2D eigenvalue weighted by atomic mass is 10.1. The maximum atomic E-state index is 10.7. The molecule has 0 unspecified atom stereocenters. The minimum absolute atomic E-state index is 0.347. The highest BCUT2D eigenvalue weighted by atomic mass is 16.5. The number of hydrogen-bond acceptors (Lipinski definition) is 4. The molecule has 0 aromatic heterocycles. The number of esters is 1. The standard InChI is InChI=1S/C8H14N2O2/c1-2-8(11)12-5-7-3-9-6-10-4-7/h2,7,9-10H,1,3-6H2. The van der Waals surface area contributed by atoms with Crippen molar-refractivity contribution in [2.45, 2.75) is 0 Å². The van der Waals surface area contributed by atoms with Crippen LogP contribution in [-0.2, 0) is 9.53 Å². The fraction of sp³-hybridized carbons (Fsp3) is 0.625. The lowest BCUT2D eigenvalue weighted by Gasteiger charge is -2.22. The second-order valence-corrected chi connectivity index (χ2v) is 2.79. The van der Waals surface area contributed by atoms with E-state index in [1.807, 2.05) is 0 Å². The first kappa shape index (κ1) is 9.22. The monoisotopic (exact) mass is 170 g/mol. The Balaban J connectivity index is 2.12. The molecule has 0 aromatic rings. The van der Waals surface area contributed by atoms with Gasteiger partial charge < -0.3 is 15.4 Å². The first-order valence-electron chi connectivity index (χ1n) is 4.03. The van der Waals surface area contributed by atoms with Crippen LogP contribution in [0.5, 0.6) is 0 Å². The van der Waals surface area contributed by atoms with Gasteiger partial charge in [-0.05, 0) is 0 Å². The third-order valence-corrected chi connectivity index (χ3v) is 1.74. The molecule has 4 nitrogen and oxygen atoms in total. The molecular formula is C8H14N2O2. The molecule has 1 rings (SSSR count).